The number of hydrogen-bond donors (Lipinski definition) is 2. The number of anilines is 3. The zero-order valence-corrected chi connectivity index (χ0v) is 15.0. The van der Waals surface area contributed by atoms with E-state index >= 15 is 0 Å². The molecule has 25 heavy (non-hydrogen) atoms. The molecule has 0 bridgehead atoms. The van der Waals surface area contributed by atoms with E-state index in [1.165, 1.54) is 11.1 Å². The van der Waals surface area contributed by atoms with Crippen molar-refractivity contribution in [3.8, 4) is 0 Å². The molecule has 0 aliphatic heterocycles. The van der Waals surface area contributed by atoms with Crippen molar-refractivity contribution in [3.63, 3.8) is 0 Å². The molecule has 0 aliphatic carbocycles. The third-order valence-corrected chi connectivity index (χ3v) is 4.16. The van der Waals surface area contributed by atoms with Crippen LogP contribution in [0.2, 0.25) is 0 Å². The highest BCUT2D eigenvalue weighted by molar-refractivity contribution is 5.61. The lowest BCUT2D eigenvalue weighted by molar-refractivity contribution is 0.858. The maximum Gasteiger partial charge on any atom is 0.225 e. The second-order valence-corrected chi connectivity index (χ2v) is 6.13. The summed E-state index contributed by atoms with van der Waals surface area (Å²) < 4.78 is 0. The molecule has 128 valence electrons. The smallest absolute Gasteiger partial charge is 0.225 e. The van der Waals surface area contributed by atoms with Crippen molar-refractivity contribution in [3.05, 3.63) is 77.5 Å². The van der Waals surface area contributed by atoms with E-state index in [2.05, 4.69) is 64.8 Å². The molecule has 3 rings (SSSR count). The van der Waals surface area contributed by atoms with Crippen LogP contribution in [0, 0.1) is 6.92 Å². The Balaban J connectivity index is 1.81. The Kier molecular flexibility index (Phi) is 5.29. The number of para-hydroxylation sites is 1. The predicted octanol–water partition coefficient (Wildman–Crippen LogP) is 5.26. The fourth-order valence-electron chi connectivity index (χ4n) is 2.80. The molecule has 1 atom stereocenters. The van der Waals surface area contributed by atoms with Crippen LogP contribution >= 0.6 is 0 Å². The van der Waals surface area contributed by atoms with Gasteiger partial charge in [0.05, 0.1) is 6.04 Å². The van der Waals surface area contributed by atoms with Crippen molar-refractivity contribution >= 4 is 17.5 Å². The Bertz CT molecular complexity index is 830. The zero-order valence-electron chi connectivity index (χ0n) is 15.0. The molecule has 3 aromatic rings. The van der Waals surface area contributed by atoms with E-state index in [1.807, 2.05) is 37.3 Å². The molecule has 0 fully saturated rings. The van der Waals surface area contributed by atoms with Crippen molar-refractivity contribution in [2.24, 2.45) is 0 Å². The first-order valence-corrected chi connectivity index (χ1v) is 8.68. The van der Waals surface area contributed by atoms with Crippen LogP contribution in [0.3, 0.4) is 0 Å². The molecule has 1 heterocycles. The van der Waals surface area contributed by atoms with E-state index in [-0.39, 0.29) is 6.04 Å². The van der Waals surface area contributed by atoms with Crippen molar-refractivity contribution in [1.29, 1.82) is 0 Å². The summed E-state index contributed by atoms with van der Waals surface area (Å²) in [5, 5.41) is 6.82. The average Bonchev–Trinajstić information content (AvgIpc) is 2.62. The number of aryl methyl sites for hydroxylation is 2. The number of rotatable bonds is 6. The lowest BCUT2D eigenvalue weighted by atomic mass is 10.1. The van der Waals surface area contributed by atoms with Crippen LogP contribution in [-0.4, -0.2) is 9.97 Å². The van der Waals surface area contributed by atoms with E-state index < -0.39 is 0 Å². The van der Waals surface area contributed by atoms with Crippen LogP contribution < -0.4 is 10.6 Å². The number of benzene rings is 2. The van der Waals surface area contributed by atoms with E-state index in [0.29, 0.717) is 5.95 Å². The normalized spacial score (nSPS) is 11.8. The summed E-state index contributed by atoms with van der Waals surface area (Å²) in [6.45, 7) is 6.25. The standard InChI is InChI=1S/C21H24N4/c1-4-17-10-8-9-13-19(17)24-20-14-15(2)22-21(25-20)23-16(3)18-11-6-5-7-12-18/h5-14,16H,4H2,1-3H3,(H2,22,23,24,25). The minimum absolute atomic E-state index is 0.138. The largest absolute Gasteiger partial charge is 0.348 e. The van der Waals surface area contributed by atoms with Crippen LogP contribution in [0.5, 0.6) is 0 Å². The van der Waals surface area contributed by atoms with Gasteiger partial charge in [0.25, 0.3) is 0 Å². The van der Waals surface area contributed by atoms with E-state index in [1.54, 1.807) is 0 Å². The number of nitrogens with one attached hydrogen (secondary N) is 2. The van der Waals surface area contributed by atoms with E-state index in [4.69, 9.17) is 0 Å². The Morgan fingerprint density at radius 2 is 1.68 bits per heavy atom. The van der Waals surface area contributed by atoms with Crippen LogP contribution in [0.15, 0.2) is 60.7 Å². The average molecular weight is 332 g/mol. The fraction of sp³-hybridized carbons (Fsp3) is 0.238. The molecule has 0 radical (unpaired) electrons. The summed E-state index contributed by atoms with van der Waals surface area (Å²) in [6, 6.07) is 20.7. The Morgan fingerprint density at radius 1 is 0.960 bits per heavy atom. The molecule has 0 saturated heterocycles. The van der Waals surface area contributed by atoms with Gasteiger partial charge in [0.1, 0.15) is 5.82 Å². The first-order valence-electron chi connectivity index (χ1n) is 8.68. The molecule has 1 unspecified atom stereocenters. The summed E-state index contributed by atoms with van der Waals surface area (Å²) in [5.74, 6) is 1.43. The molecule has 4 heteroatoms. The third-order valence-electron chi connectivity index (χ3n) is 4.16. The molecule has 2 N–H and O–H groups in total. The quantitative estimate of drug-likeness (QED) is 0.646. The molecule has 2 aromatic carbocycles. The van der Waals surface area contributed by atoms with Crippen LogP contribution in [0.4, 0.5) is 17.5 Å². The monoisotopic (exact) mass is 332 g/mol. The third kappa shape index (κ3) is 4.35. The Labute approximate surface area is 149 Å². The molecular formula is C21H24N4. The van der Waals surface area contributed by atoms with Gasteiger partial charge in [-0.1, -0.05) is 55.5 Å². The van der Waals surface area contributed by atoms with Gasteiger partial charge in [0, 0.05) is 17.4 Å². The fourth-order valence-corrected chi connectivity index (χ4v) is 2.80. The van der Waals surface area contributed by atoms with Gasteiger partial charge in [0.15, 0.2) is 0 Å². The number of aromatic nitrogens is 2. The van der Waals surface area contributed by atoms with Crippen LogP contribution in [-0.2, 0) is 6.42 Å². The second-order valence-electron chi connectivity index (χ2n) is 6.13. The topological polar surface area (TPSA) is 49.8 Å². The molecule has 0 spiro atoms. The second kappa shape index (κ2) is 7.79. The van der Waals surface area contributed by atoms with Crippen molar-refractivity contribution in [2.75, 3.05) is 10.6 Å². The van der Waals surface area contributed by atoms with Gasteiger partial charge in [-0.05, 0) is 37.5 Å². The highest BCUT2D eigenvalue weighted by atomic mass is 15.2. The predicted molar refractivity (Wildman–Crippen MR) is 104 cm³/mol. The van der Waals surface area contributed by atoms with Gasteiger partial charge in [-0.25, -0.2) is 4.98 Å². The van der Waals surface area contributed by atoms with Gasteiger partial charge in [-0.15, -0.1) is 0 Å². The van der Waals surface area contributed by atoms with Gasteiger partial charge in [-0.3, -0.25) is 0 Å². The van der Waals surface area contributed by atoms with Crippen LogP contribution in [0.1, 0.15) is 36.7 Å². The van der Waals surface area contributed by atoms with Crippen molar-refractivity contribution < 1.29 is 0 Å². The van der Waals surface area contributed by atoms with Crippen molar-refractivity contribution in [2.45, 2.75) is 33.2 Å². The lowest BCUT2D eigenvalue weighted by Crippen LogP contribution is -2.11. The van der Waals surface area contributed by atoms with E-state index in [9.17, 15) is 0 Å². The molecule has 1 aromatic heterocycles. The lowest BCUT2D eigenvalue weighted by Gasteiger charge is -2.16. The highest BCUT2D eigenvalue weighted by Gasteiger charge is 2.09. The van der Waals surface area contributed by atoms with Gasteiger partial charge in [0.2, 0.25) is 5.95 Å². The number of hydrogen-bond acceptors (Lipinski definition) is 4. The molecule has 0 saturated carbocycles. The number of nitrogens with zero attached hydrogens (tertiary/aromatic N) is 2. The summed E-state index contributed by atoms with van der Waals surface area (Å²) in [7, 11) is 0. The zero-order chi connectivity index (χ0) is 17.6. The minimum atomic E-state index is 0.138. The molecule has 0 aliphatic rings. The molecular weight excluding hydrogens is 308 g/mol. The SMILES string of the molecule is CCc1ccccc1Nc1cc(C)nc(NC(C)c2ccccc2)n1. The summed E-state index contributed by atoms with van der Waals surface area (Å²) in [4.78, 5) is 9.16. The summed E-state index contributed by atoms with van der Waals surface area (Å²) >= 11 is 0. The summed E-state index contributed by atoms with van der Waals surface area (Å²) in [6.07, 6.45) is 0.976. The van der Waals surface area contributed by atoms with Gasteiger partial charge < -0.3 is 10.6 Å². The first kappa shape index (κ1) is 17.0. The first-order chi connectivity index (χ1) is 12.2. The van der Waals surface area contributed by atoms with Gasteiger partial charge >= 0.3 is 0 Å². The Hall–Kier alpha value is -2.88. The van der Waals surface area contributed by atoms with Crippen LogP contribution in [0.25, 0.3) is 0 Å². The summed E-state index contributed by atoms with van der Waals surface area (Å²) in [5.41, 5.74) is 4.49. The maximum absolute atomic E-state index is 4.64. The maximum atomic E-state index is 4.64. The molecule has 4 nitrogen and oxygen atoms in total. The highest BCUT2D eigenvalue weighted by Crippen LogP contribution is 2.22. The van der Waals surface area contributed by atoms with E-state index in [0.717, 1.165) is 23.6 Å². The minimum Gasteiger partial charge on any atom is -0.348 e. The van der Waals surface area contributed by atoms with Gasteiger partial charge in [-0.2, -0.15) is 4.98 Å². The Morgan fingerprint density at radius 3 is 2.44 bits per heavy atom. The molecule has 0 amide bonds. The van der Waals surface area contributed by atoms with Crippen molar-refractivity contribution in [1.82, 2.24) is 9.97 Å².